The van der Waals surface area contributed by atoms with Crippen molar-refractivity contribution in [1.29, 1.82) is 0 Å². The number of carboxylic acid groups (broad SMARTS) is 1. The standard InChI is InChI=1S/C10H14N2O5/c1-7-3-4-8(17-7)5-12(2)10(15)11-16-6-9(13)14/h3-4H,5-6H2,1-2H3,(H,11,15)(H,13,14). The van der Waals surface area contributed by atoms with Crippen molar-refractivity contribution in [3.63, 3.8) is 0 Å². The minimum atomic E-state index is -1.16. The Labute approximate surface area is 97.9 Å². The molecule has 0 aliphatic heterocycles. The molecule has 7 nitrogen and oxygen atoms in total. The van der Waals surface area contributed by atoms with E-state index in [2.05, 4.69) is 4.84 Å². The van der Waals surface area contributed by atoms with Crippen molar-refractivity contribution in [3.05, 3.63) is 23.7 Å². The van der Waals surface area contributed by atoms with Crippen LogP contribution in [0.1, 0.15) is 11.5 Å². The van der Waals surface area contributed by atoms with Crippen LogP contribution in [0.15, 0.2) is 16.5 Å². The third kappa shape index (κ3) is 4.56. The van der Waals surface area contributed by atoms with Gasteiger partial charge in [-0.3, -0.25) is 4.84 Å². The summed E-state index contributed by atoms with van der Waals surface area (Å²) < 4.78 is 5.29. The van der Waals surface area contributed by atoms with Crippen molar-refractivity contribution >= 4 is 12.0 Å². The first kappa shape index (κ1) is 13.0. The minimum Gasteiger partial charge on any atom is -0.479 e. The molecule has 0 bridgehead atoms. The fourth-order valence-corrected chi connectivity index (χ4v) is 1.11. The van der Waals surface area contributed by atoms with Crippen molar-refractivity contribution in [1.82, 2.24) is 10.4 Å². The number of amides is 2. The highest BCUT2D eigenvalue weighted by Gasteiger charge is 2.11. The van der Waals surface area contributed by atoms with Crippen LogP contribution in [0.5, 0.6) is 0 Å². The van der Waals surface area contributed by atoms with Gasteiger partial charge < -0.3 is 14.4 Å². The molecule has 1 rings (SSSR count). The quantitative estimate of drug-likeness (QED) is 0.743. The van der Waals surface area contributed by atoms with Gasteiger partial charge in [0.05, 0.1) is 6.54 Å². The van der Waals surface area contributed by atoms with Crippen molar-refractivity contribution in [2.45, 2.75) is 13.5 Å². The lowest BCUT2D eigenvalue weighted by atomic mass is 10.4. The van der Waals surface area contributed by atoms with Gasteiger partial charge in [0.1, 0.15) is 11.5 Å². The van der Waals surface area contributed by atoms with Crippen LogP contribution in [0.4, 0.5) is 4.79 Å². The zero-order valence-corrected chi connectivity index (χ0v) is 9.60. The first-order valence-electron chi connectivity index (χ1n) is 4.89. The first-order valence-corrected chi connectivity index (χ1v) is 4.89. The van der Waals surface area contributed by atoms with Gasteiger partial charge in [0.25, 0.3) is 0 Å². The fourth-order valence-electron chi connectivity index (χ4n) is 1.11. The second-order valence-electron chi connectivity index (χ2n) is 3.46. The van der Waals surface area contributed by atoms with Crippen LogP contribution in [-0.2, 0) is 16.2 Å². The molecule has 0 saturated heterocycles. The van der Waals surface area contributed by atoms with E-state index >= 15 is 0 Å². The molecule has 0 saturated carbocycles. The number of aliphatic carboxylic acids is 1. The van der Waals surface area contributed by atoms with E-state index < -0.39 is 18.6 Å². The molecule has 0 aliphatic rings. The summed E-state index contributed by atoms with van der Waals surface area (Å²) in [6, 6.07) is 3.01. The van der Waals surface area contributed by atoms with E-state index in [4.69, 9.17) is 9.52 Å². The largest absolute Gasteiger partial charge is 0.479 e. The monoisotopic (exact) mass is 242 g/mol. The predicted molar refractivity (Wildman–Crippen MR) is 57.0 cm³/mol. The summed E-state index contributed by atoms with van der Waals surface area (Å²) in [5.41, 5.74) is 2.01. The Kier molecular flexibility index (Phi) is 4.53. The lowest BCUT2D eigenvalue weighted by molar-refractivity contribution is -0.144. The van der Waals surface area contributed by atoms with E-state index in [-0.39, 0.29) is 6.54 Å². The molecule has 2 amide bonds. The van der Waals surface area contributed by atoms with Gasteiger partial charge in [0.15, 0.2) is 6.61 Å². The summed E-state index contributed by atoms with van der Waals surface area (Å²) in [6.07, 6.45) is 0. The van der Waals surface area contributed by atoms with Crippen molar-refractivity contribution in [2.24, 2.45) is 0 Å². The molecule has 0 aliphatic carbocycles. The number of carboxylic acids is 1. The molecule has 17 heavy (non-hydrogen) atoms. The maximum absolute atomic E-state index is 11.4. The van der Waals surface area contributed by atoms with E-state index in [0.717, 1.165) is 5.76 Å². The van der Waals surface area contributed by atoms with Crippen LogP contribution in [0.3, 0.4) is 0 Å². The Bertz CT molecular complexity index is 401. The van der Waals surface area contributed by atoms with Gasteiger partial charge in [-0.1, -0.05) is 0 Å². The average Bonchev–Trinajstić information content (AvgIpc) is 2.63. The van der Waals surface area contributed by atoms with E-state index in [1.54, 1.807) is 19.1 Å². The van der Waals surface area contributed by atoms with Gasteiger partial charge in [-0.15, -0.1) is 0 Å². The fraction of sp³-hybridized carbons (Fsp3) is 0.400. The van der Waals surface area contributed by atoms with E-state index in [0.29, 0.717) is 5.76 Å². The molecule has 0 atom stereocenters. The Hall–Kier alpha value is -2.02. The summed E-state index contributed by atoms with van der Waals surface area (Å²) in [5, 5.41) is 8.30. The van der Waals surface area contributed by atoms with Crippen LogP contribution in [-0.4, -0.2) is 35.7 Å². The maximum atomic E-state index is 11.4. The molecule has 0 radical (unpaired) electrons. The number of hydrogen-bond acceptors (Lipinski definition) is 4. The topological polar surface area (TPSA) is 92.0 Å². The minimum absolute atomic E-state index is 0.274. The van der Waals surface area contributed by atoms with Gasteiger partial charge in [-0.25, -0.2) is 15.1 Å². The molecule has 94 valence electrons. The molecule has 1 aromatic rings. The number of carbonyl (C=O) groups is 2. The number of rotatable bonds is 5. The third-order valence-electron chi connectivity index (χ3n) is 1.89. The normalized spacial score (nSPS) is 10.0. The van der Waals surface area contributed by atoms with Crippen LogP contribution < -0.4 is 5.48 Å². The Morgan fingerprint density at radius 3 is 2.76 bits per heavy atom. The summed E-state index contributed by atoms with van der Waals surface area (Å²) >= 11 is 0. The molecular formula is C10H14N2O5. The van der Waals surface area contributed by atoms with Crippen LogP contribution >= 0.6 is 0 Å². The summed E-state index contributed by atoms with van der Waals surface area (Å²) in [5.74, 6) is 0.240. The Balaban J connectivity index is 2.34. The second-order valence-corrected chi connectivity index (χ2v) is 3.46. The van der Waals surface area contributed by atoms with Crippen LogP contribution in [0, 0.1) is 6.92 Å². The summed E-state index contributed by atoms with van der Waals surface area (Å²) in [4.78, 5) is 27.3. The Morgan fingerprint density at radius 1 is 1.53 bits per heavy atom. The molecule has 0 unspecified atom stereocenters. The maximum Gasteiger partial charge on any atom is 0.341 e. The highest BCUT2D eigenvalue weighted by molar-refractivity contribution is 5.73. The number of aryl methyl sites for hydroxylation is 1. The number of nitrogens with one attached hydrogen (secondary N) is 1. The first-order chi connectivity index (χ1) is 7.99. The zero-order valence-electron chi connectivity index (χ0n) is 9.60. The number of furan rings is 1. The van der Waals surface area contributed by atoms with Gasteiger partial charge in [-0.2, -0.15) is 0 Å². The average molecular weight is 242 g/mol. The van der Waals surface area contributed by atoms with Crippen LogP contribution in [0.25, 0.3) is 0 Å². The molecule has 0 fully saturated rings. The SMILES string of the molecule is Cc1ccc(CN(C)C(=O)NOCC(=O)O)o1. The zero-order chi connectivity index (χ0) is 12.8. The number of hydroxylamine groups is 1. The highest BCUT2D eigenvalue weighted by Crippen LogP contribution is 2.08. The molecule has 1 heterocycles. The number of nitrogens with zero attached hydrogens (tertiary/aromatic N) is 1. The van der Waals surface area contributed by atoms with Crippen molar-refractivity contribution in [3.8, 4) is 0 Å². The predicted octanol–water partition coefficient (Wildman–Crippen LogP) is 0.746. The van der Waals surface area contributed by atoms with Gasteiger partial charge in [0.2, 0.25) is 0 Å². The second kappa shape index (κ2) is 5.90. The lowest BCUT2D eigenvalue weighted by Crippen LogP contribution is -2.37. The van der Waals surface area contributed by atoms with E-state index in [1.807, 2.05) is 5.48 Å². The Morgan fingerprint density at radius 2 is 2.24 bits per heavy atom. The number of urea groups is 1. The molecule has 2 N–H and O–H groups in total. The molecule has 7 heteroatoms. The molecule has 0 aromatic carbocycles. The van der Waals surface area contributed by atoms with Crippen LogP contribution in [0.2, 0.25) is 0 Å². The molecule has 1 aromatic heterocycles. The summed E-state index contributed by atoms with van der Waals surface area (Å²) in [7, 11) is 1.54. The van der Waals surface area contributed by atoms with Gasteiger partial charge in [0, 0.05) is 7.05 Å². The van der Waals surface area contributed by atoms with Crippen molar-refractivity contribution in [2.75, 3.05) is 13.7 Å². The van der Waals surface area contributed by atoms with E-state index in [1.165, 1.54) is 11.9 Å². The van der Waals surface area contributed by atoms with Gasteiger partial charge in [-0.05, 0) is 19.1 Å². The smallest absolute Gasteiger partial charge is 0.341 e. The summed E-state index contributed by atoms with van der Waals surface area (Å²) in [6.45, 7) is 1.50. The van der Waals surface area contributed by atoms with Crippen molar-refractivity contribution < 1.29 is 24.0 Å². The van der Waals surface area contributed by atoms with Gasteiger partial charge >= 0.3 is 12.0 Å². The van der Waals surface area contributed by atoms with E-state index in [9.17, 15) is 9.59 Å². The molecular weight excluding hydrogens is 228 g/mol. The number of carbonyl (C=O) groups excluding carboxylic acids is 1. The molecule has 0 spiro atoms. The third-order valence-corrected chi connectivity index (χ3v) is 1.89. The lowest BCUT2D eigenvalue weighted by Gasteiger charge is -2.15. The highest BCUT2D eigenvalue weighted by atomic mass is 16.7. The number of hydrogen-bond donors (Lipinski definition) is 2.